The number of hydrogen-bond donors (Lipinski definition) is 1. The van der Waals surface area contributed by atoms with Crippen molar-refractivity contribution >= 4 is 11.8 Å². The molecule has 0 aromatic heterocycles. The fourth-order valence-electron chi connectivity index (χ4n) is 4.82. The zero-order valence-corrected chi connectivity index (χ0v) is 20.8. The number of nitrogens with one attached hydrogen (secondary N) is 1. The molecule has 8 heteroatoms. The maximum atomic E-state index is 13.9. The van der Waals surface area contributed by atoms with Crippen molar-refractivity contribution in [3.05, 3.63) is 59.9 Å². The van der Waals surface area contributed by atoms with Gasteiger partial charge in [0.15, 0.2) is 11.5 Å². The molecule has 1 N–H and O–H groups in total. The standard InChI is InChI=1S/C28H35FN2O5/c1-2-34-18-8-17-31(28(33)25-19-35-23-11-6-7-12-24(23)36-25)26(20-13-15-21(29)16-14-20)27(32)30-22-9-4-3-5-10-22/h6-7,11-16,22,25-26H,2-5,8-10,17-19H2,1H3,(H,30,32)/t25-,26-/m1/s1. The molecule has 7 nitrogen and oxygen atoms in total. The Hall–Kier alpha value is -3.13. The van der Waals surface area contributed by atoms with Gasteiger partial charge in [0.25, 0.3) is 5.91 Å². The van der Waals surface area contributed by atoms with E-state index < -0.39 is 18.0 Å². The quantitative estimate of drug-likeness (QED) is 0.491. The lowest BCUT2D eigenvalue weighted by Crippen LogP contribution is -2.52. The molecule has 2 atom stereocenters. The number of carbonyl (C=O) groups is 2. The molecule has 2 amide bonds. The predicted octanol–water partition coefficient (Wildman–Crippen LogP) is 4.41. The van der Waals surface area contributed by atoms with Crippen LogP contribution in [0.4, 0.5) is 4.39 Å². The summed E-state index contributed by atoms with van der Waals surface area (Å²) >= 11 is 0. The number of halogens is 1. The van der Waals surface area contributed by atoms with Gasteiger partial charge in [-0.05, 0) is 56.0 Å². The third-order valence-electron chi connectivity index (χ3n) is 6.66. The van der Waals surface area contributed by atoms with Crippen molar-refractivity contribution in [2.24, 2.45) is 0 Å². The number of amides is 2. The highest BCUT2D eigenvalue weighted by Gasteiger charge is 2.38. The van der Waals surface area contributed by atoms with Crippen LogP contribution in [0.5, 0.6) is 11.5 Å². The van der Waals surface area contributed by atoms with E-state index in [4.69, 9.17) is 14.2 Å². The largest absolute Gasteiger partial charge is 0.485 e. The van der Waals surface area contributed by atoms with Crippen LogP contribution in [0.2, 0.25) is 0 Å². The zero-order chi connectivity index (χ0) is 25.3. The SMILES string of the molecule is CCOCCCN(C(=O)[C@H]1COc2ccccc2O1)[C@@H](C(=O)NC1CCCCC1)c1ccc(F)cc1. The van der Waals surface area contributed by atoms with Crippen LogP contribution in [0.25, 0.3) is 0 Å². The van der Waals surface area contributed by atoms with Crippen molar-refractivity contribution < 1.29 is 28.2 Å². The first-order chi connectivity index (χ1) is 17.6. The number of carbonyl (C=O) groups excluding carboxylic acids is 2. The number of nitrogens with zero attached hydrogens (tertiary/aromatic N) is 1. The van der Waals surface area contributed by atoms with Crippen LogP contribution in [0.1, 0.15) is 57.1 Å². The van der Waals surface area contributed by atoms with Crippen LogP contribution in [0.15, 0.2) is 48.5 Å². The van der Waals surface area contributed by atoms with Crippen molar-refractivity contribution in [2.75, 3.05) is 26.4 Å². The number of benzene rings is 2. The highest BCUT2D eigenvalue weighted by Crippen LogP contribution is 2.33. The summed E-state index contributed by atoms with van der Waals surface area (Å²) < 4.78 is 31.0. The lowest BCUT2D eigenvalue weighted by atomic mass is 9.94. The molecular weight excluding hydrogens is 463 g/mol. The first-order valence-corrected chi connectivity index (χ1v) is 12.9. The van der Waals surface area contributed by atoms with E-state index >= 15 is 0 Å². The first-order valence-electron chi connectivity index (χ1n) is 12.9. The Morgan fingerprint density at radius 1 is 1.08 bits per heavy atom. The van der Waals surface area contributed by atoms with E-state index in [1.165, 1.54) is 17.0 Å². The van der Waals surface area contributed by atoms with Gasteiger partial charge in [-0.15, -0.1) is 0 Å². The molecule has 0 spiro atoms. The number of hydrogen-bond acceptors (Lipinski definition) is 5. The summed E-state index contributed by atoms with van der Waals surface area (Å²) in [6.07, 6.45) is 4.75. The van der Waals surface area contributed by atoms with Crippen LogP contribution in [-0.4, -0.2) is 55.2 Å². The summed E-state index contributed by atoms with van der Waals surface area (Å²) in [6, 6.07) is 12.1. The van der Waals surface area contributed by atoms with Crippen LogP contribution in [-0.2, 0) is 14.3 Å². The molecule has 1 fully saturated rings. The summed E-state index contributed by atoms with van der Waals surface area (Å²) in [4.78, 5) is 29.1. The number of para-hydroxylation sites is 2. The number of ether oxygens (including phenoxy) is 3. The fraction of sp³-hybridized carbons (Fsp3) is 0.500. The molecule has 4 rings (SSSR count). The lowest BCUT2D eigenvalue weighted by Gasteiger charge is -2.36. The Labute approximate surface area is 211 Å². The first kappa shape index (κ1) is 25.9. The average Bonchev–Trinajstić information content (AvgIpc) is 2.91. The summed E-state index contributed by atoms with van der Waals surface area (Å²) in [5.74, 6) is 0.0421. The molecule has 2 aromatic carbocycles. The molecule has 194 valence electrons. The topological polar surface area (TPSA) is 77.1 Å². The Morgan fingerprint density at radius 2 is 1.81 bits per heavy atom. The molecule has 1 aliphatic heterocycles. The second-order valence-corrected chi connectivity index (χ2v) is 9.24. The van der Waals surface area contributed by atoms with Gasteiger partial charge in [-0.2, -0.15) is 0 Å². The molecule has 0 saturated heterocycles. The van der Waals surface area contributed by atoms with Gasteiger partial charge >= 0.3 is 0 Å². The van der Waals surface area contributed by atoms with Crippen LogP contribution in [0.3, 0.4) is 0 Å². The van der Waals surface area contributed by atoms with Gasteiger partial charge in [0, 0.05) is 25.8 Å². The van der Waals surface area contributed by atoms with Crippen molar-refractivity contribution in [3.63, 3.8) is 0 Å². The monoisotopic (exact) mass is 498 g/mol. The van der Waals surface area contributed by atoms with Gasteiger partial charge in [-0.25, -0.2) is 4.39 Å². The predicted molar refractivity (Wildman–Crippen MR) is 133 cm³/mol. The van der Waals surface area contributed by atoms with Gasteiger partial charge in [0.2, 0.25) is 12.0 Å². The second-order valence-electron chi connectivity index (χ2n) is 9.24. The summed E-state index contributed by atoms with van der Waals surface area (Å²) in [7, 11) is 0. The molecule has 1 saturated carbocycles. The third kappa shape index (κ3) is 6.55. The Balaban J connectivity index is 1.61. The minimum absolute atomic E-state index is 0.0399. The van der Waals surface area contributed by atoms with Gasteiger partial charge in [-0.3, -0.25) is 9.59 Å². The highest BCUT2D eigenvalue weighted by molar-refractivity contribution is 5.91. The molecule has 0 bridgehead atoms. The molecule has 1 aliphatic carbocycles. The number of fused-ring (bicyclic) bond motifs is 1. The van der Waals surface area contributed by atoms with Crippen LogP contribution >= 0.6 is 0 Å². The number of rotatable bonds is 10. The van der Waals surface area contributed by atoms with Crippen LogP contribution in [0, 0.1) is 5.82 Å². The molecule has 2 aliphatic rings. The summed E-state index contributed by atoms with van der Waals surface area (Å²) in [5.41, 5.74) is 0.548. The maximum absolute atomic E-state index is 13.9. The van der Waals surface area contributed by atoms with E-state index in [-0.39, 0.29) is 31.0 Å². The second kappa shape index (κ2) is 12.7. The fourth-order valence-corrected chi connectivity index (χ4v) is 4.82. The van der Waals surface area contributed by atoms with E-state index in [1.54, 1.807) is 24.3 Å². The smallest absolute Gasteiger partial charge is 0.268 e. The van der Waals surface area contributed by atoms with E-state index in [9.17, 15) is 14.0 Å². The van der Waals surface area contributed by atoms with Gasteiger partial charge in [0.1, 0.15) is 18.5 Å². The highest BCUT2D eigenvalue weighted by atomic mass is 19.1. The minimum Gasteiger partial charge on any atom is -0.485 e. The molecule has 0 unspecified atom stereocenters. The van der Waals surface area contributed by atoms with E-state index in [1.807, 2.05) is 19.1 Å². The molecular formula is C28H35FN2O5. The summed E-state index contributed by atoms with van der Waals surface area (Å²) in [5, 5.41) is 3.16. The van der Waals surface area contributed by atoms with Gasteiger partial charge in [-0.1, -0.05) is 43.5 Å². The Kier molecular flexibility index (Phi) is 9.17. The third-order valence-corrected chi connectivity index (χ3v) is 6.66. The van der Waals surface area contributed by atoms with Gasteiger partial charge in [0.05, 0.1) is 0 Å². The van der Waals surface area contributed by atoms with Crippen LogP contribution < -0.4 is 14.8 Å². The lowest BCUT2D eigenvalue weighted by molar-refractivity contribution is -0.149. The summed E-state index contributed by atoms with van der Waals surface area (Å²) in [6.45, 7) is 3.24. The van der Waals surface area contributed by atoms with Crippen molar-refractivity contribution in [1.29, 1.82) is 0 Å². The van der Waals surface area contributed by atoms with Crippen molar-refractivity contribution in [3.8, 4) is 11.5 Å². The van der Waals surface area contributed by atoms with Gasteiger partial charge < -0.3 is 24.4 Å². The molecule has 1 heterocycles. The minimum atomic E-state index is -0.928. The maximum Gasteiger partial charge on any atom is 0.268 e. The van der Waals surface area contributed by atoms with E-state index in [0.717, 1.165) is 32.1 Å². The van der Waals surface area contributed by atoms with Crippen molar-refractivity contribution in [1.82, 2.24) is 10.2 Å². The van der Waals surface area contributed by atoms with E-state index in [0.29, 0.717) is 36.7 Å². The Morgan fingerprint density at radius 3 is 2.53 bits per heavy atom. The average molecular weight is 499 g/mol. The zero-order valence-electron chi connectivity index (χ0n) is 20.8. The van der Waals surface area contributed by atoms with Crippen molar-refractivity contribution in [2.45, 2.75) is 63.6 Å². The normalized spacial score (nSPS) is 18.3. The Bertz CT molecular complexity index is 1010. The molecule has 36 heavy (non-hydrogen) atoms. The molecule has 0 radical (unpaired) electrons. The van der Waals surface area contributed by atoms with E-state index in [2.05, 4.69) is 5.32 Å². The molecule has 2 aromatic rings.